The maximum Gasteiger partial charge on any atom is 0.0712 e. The zero-order valence-corrected chi connectivity index (χ0v) is 12.1. The largest absolute Gasteiger partial charge is 0.399 e. The first-order valence-corrected chi connectivity index (χ1v) is 6.79. The summed E-state index contributed by atoms with van der Waals surface area (Å²) < 4.78 is 0. The van der Waals surface area contributed by atoms with E-state index in [0.29, 0.717) is 0 Å². The molecule has 0 fully saturated rings. The molecule has 0 atom stereocenters. The molecule has 3 rings (SSSR count). The van der Waals surface area contributed by atoms with Crippen molar-refractivity contribution in [3.05, 3.63) is 59.3 Å². The maximum absolute atomic E-state index is 5.86. The zero-order chi connectivity index (χ0) is 14.3. The Hall–Kier alpha value is -2.35. The number of hydrogen-bond donors (Lipinski definition) is 1. The zero-order valence-electron chi connectivity index (χ0n) is 12.1. The summed E-state index contributed by atoms with van der Waals surface area (Å²) in [5.41, 5.74) is 12.3. The van der Waals surface area contributed by atoms with Crippen molar-refractivity contribution < 1.29 is 0 Å². The first kappa shape index (κ1) is 12.7. The lowest BCUT2D eigenvalue weighted by molar-refractivity contribution is 1.23. The highest BCUT2D eigenvalue weighted by atomic mass is 14.7. The molecule has 1 aromatic heterocycles. The van der Waals surface area contributed by atoms with Gasteiger partial charge in [0, 0.05) is 22.3 Å². The van der Waals surface area contributed by atoms with Crippen LogP contribution in [-0.4, -0.2) is 4.98 Å². The summed E-state index contributed by atoms with van der Waals surface area (Å²) in [5.74, 6) is 0. The second kappa shape index (κ2) is 4.64. The summed E-state index contributed by atoms with van der Waals surface area (Å²) in [6.07, 6.45) is 0. The number of nitrogens with zero attached hydrogens (tertiary/aromatic N) is 1. The average molecular weight is 262 g/mol. The Balaban J connectivity index is 2.26. The molecule has 2 heteroatoms. The van der Waals surface area contributed by atoms with Crippen LogP contribution >= 0.6 is 0 Å². The van der Waals surface area contributed by atoms with Gasteiger partial charge in [0.05, 0.1) is 5.69 Å². The number of benzene rings is 2. The number of aromatic nitrogens is 1. The fraction of sp³-hybridized carbons (Fsp3) is 0.167. The Labute approximate surface area is 119 Å². The van der Waals surface area contributed by atoms with E-state index >= 15 is 0 Å². The first-order chi connectivity index (χ1) is 9.54. The number of aryl methyl sites for hydroxylation is 3. The van der Waals surface area contributed by atoms with Gasteiger partial charge in [0.2, 0.25) is 0 Å². The molecule has 1 heterocycles. The van der Waals surface area contributed by atoms with Gasteiger partial charge in [0.25, 0.3) is 0 Å². The lowest BCUT2D eigenvalue weighted by atomic mass is 10.00. The highest BCUT2D eigenvalue weighted by molar-refractivity contribution is 5.89. The lowest BCUT2D eigenvalue weighted by Crippen LogP contribution is -1.92. The Kier molecular flexibility index (Phi) is 2.94. The Morgan fingerprint density at radius 1 is 0.900 bits per heavy atom. The highest BCUT2D eigenvalue weighted by Gasteiger charge is 2.07. The van der Waals surface area contributed by atoms with Gasteiger partial charge in [0.15, 0.2) is 0 Å². The Morgan fingerprint density at radius 3 is 2.40 bits per heavy atom. The quantitative estimate of drug-likeness (QED) is 0.660. The summed E-state index contributed by atoms with van der Waals surface area (Å²) in [5, 5.41) is 2.46. The van der Waals surface area contributed by atoms with Crippen LogP contribution in [0.4, 0.5) is 5.69 Å². The maximum atomic E-state index is 5.86. The molecule has 0 aliphatic carbocycles. The molecule has 0 spiro atoms. The van der Waals surface area contributed by atoms with Gasteiger partial charge in [-0.2, -0.15) is 0 Å². The first-order valence-electron chi connectivity index (χ1n) is 6.79. The minimum Gasteiger partial charge on any atom is -0.399 e. The van der Waals surface area contributed by atoms with Crippen molar-refractivity contribution in [1.29, 1.82) is 0 Å². The van der Waals surface area contributed by atoms with Crippen LogP contribution in [0.5, 0.6) is 0 Å². The molecule has 0 unspecified atom stereocenters. The van der Waals surface area contributed by atoms with E-state index < -0.39 is 0 Å². The van der Waals surface area contributed by atoms with Gasteiger partial charge < -0.3 is 5.73 Å². The van der Waals surface area contributed by atoms with Crippen LogP contribution in [-0.2, 0) is 0 Å². The van der Waals surface area contributed by atoms with E-state index in [-0.39, 0.29) is 0 Å². The second-order valence-electron chi connectivity index (χ2n) is 5.38. The predicted molar refractivity (Wildman–Crippen MR) is 85.8 cm³/mol. The number of fused-ring (bicyclic) bond motifs is 1. The van der Waals surface area contributed by atoms with Crippen molar-refractivity contribution in [3.63, 3.8) is 0 Å². The molecule has 0 radical (unpaired) electrons. The van der Waals surface area contributed by atoms with E-state index in [0.717, 1.165) is 22.6 Å². The minimum absolute atomic E-state index is 0.766. The molecule has 0 aliphatic rings. The monoisotopic (exact) mass is 262 g/mol. The molecular formula is C18H18N2. The van der Waals surface area contributed by atoms with Crippen LogP contribution in [0.1, 0.15) is 16.8 Å². The van der Waals surface area contributed by atoms with Crippen molar-refractivity contribution in [2.45, 2.75) is 20.8 Å². The number of nitrogen functional groups attached to an aromatic ring is 1. The molecule has 100 valence electrons. The Morgan fingerprint density at radius 2 is 1.65 bits per heavy atom. The molecule has 3 aromatic rings. The molecule has 2 N–H and O–H groups in total. The predicted octanol–water partition coefficient (Wildman–Crippen LogP) is 4.41. The molecule has 0 amide bonds. The van der Waals surface area contributed by atoms with Gasteiger partial charge >= 0.3 is 0 Å². The van der Waals surface area contributed by atoms with Crippen molar-refractivity contribution >= 4 is 16.5 Å². The van der Waals surface area contributed by atoms with Gasteiger partial charge in [-0.25, -0.2) is 0 Å². The third-order valence-corrected chi connectivity index (χ3v) is 3.82. The van der Waals surface area contributed by atoms with E-state index in [2.05, 4.69) is 39.0 Å². The summed E-state index contributed by atoms with van der Waals surface area (Å²) in [6, 6.07) is 14.5. The van der Waals surface area contributed by atoms with Crippen LogP contribution in [0.15, 0.2) is 42.5 Å². The molecule has 2 aromatic carbocycles. The SMILES string of the molecule is Cc1cc2cc(-c3cccc(N)c3)nc(C)c2cc1C. The smallest absolute Gasteiger partial charge is 0.0712 e. The van der Waals surface area contributed by atoms with Gasteiger partial charge in [-0.1, -0.05) is 18.2 Å². The normalized spacial score (nSPS) is 10.9. The number of nitrogens with two attached hydrogens (primary N) is 1. The summed E-state index contributed by atoms with van der Waals surface area (Å²) >= 11 is 0. The van der Waals surface area contributed by atoms with Crippen molar-refractivity contribution in [3.8, 4) is 11.3 Å². The van der Waals surface area contributed by atoms with Crippen molar-refractivity contribution in [1.82, 2.24) is 4.98 Å². The number of pyridine rings is 1. The van der Waals surface area contributed by atoms with Crippen LogP contribution in [0.3, 0.4) is 0 Å². The highest BCUT2D eigenvalue weighted by Crippen LogP contribution is 2.27. The van der Waals surface area contributed by atoms with Gasteiger partial charge in [0.1, 0.15) is 0 Å². The topological polar surface area (TPSA) is 38.9 Å². The van der Waals surface area contributed by atoms with Crippen LogP contribution in [0.2, 0.25) is 0 Å². The summed E-state index contributed by atoms with van der Waals surface area (Å²) in [7, 11) is 0. The van der Waals surface area contributed by atoms with Crippen LogP contribution in [0.25, 0.3) is 22.0 Å². The molecule has 0 bridgehead atoms. The second-order valence-corrected chi connectivity index (χ2v) is 5.38. The minimum atomic E-state index is 0.766. The molecule has 2 nitrogen and oxygen atoms in total. The third-order valence-electron chi connectivity index (χ3n) is 3.82. The molecule has 20 heavy (non-hydrogen) atoms. The average Bonchev–Trinajstić information content (AvgIpc) is 2.41. The van der Waals surface area contributed by atoms with E-state index in [4.69, 9.17) is 10.7 Å². The molecule has 0 saturated carbocycles. The van der Waals surface area contributed by atoms with Gasteiger partial charge in [-0.05, 0) is 61.5 Å². The molecular weight excluding hydrogens is 244 g/mol. The van der Waals surface area contributed by atoms with Crippen molar-refractivity contribution in [2.24, 2.45) is 0 Å². The van der Waals surface area contributed by atoms with Crippen LogP contribution in [0, 0.1) is 20.8 Å². The van der Waals surface area contributed by atoms with Gasteiger partial charge in [-0.15, -0.1) is 0 Å². The third kappa shape index (κ3) is 2.14. The summed E-state index contributed by atoms with van der Waals surface area (Å²) in [6.45, 7) is 6.34. The van der Waals surface area contributed by atoms with Gasteiger partial charge in [-0.3, -0.25) is 4.98 Å². The van der Waals surface area contributed by atoms with E-state index in [1.54, 1.807) is 0 Å². The lowest BCUT2D eigenvalue weighted by Gasteiger charge is -2.10. The number of hydrogen-bond acceptors (Lipinski definition) is 2. The fourth-order valence-electron chi connectivity index (χ4n) is 2.54. The number of rotatable bonds is 1. The Bertz CT molecular complexity index is 804. The van der Waals surface area contributed by atoms with E-state index in [1.807, 2.05) is 24.3 Å². The number of anilines is 1. The van der Waals surface area contributed by atoms with Crippen molar-refractivity contribution in [2.75, 3.05) is 5.73 Å². The standard InChI is InChI=1S/C18H18N2/c1-11-7-15-10-18(14-5-4-6-16(19)9-14)20-13(3)17(15)8-12(11)2/h4-10H,19H2,1-3H3. The summed E-state index contributed by atoms with van der Waals surface area (Å²) in [4.78, 5) is 4.73. The molecule has 0 saturated heterocycles. The molecule has 0 aliphatic heterocycles. The van der Waals surface area contributed by atoms with E-state index in [1.165, 1.54) is 21.9 Å². The van der Waals surface area contributed by atoms with E-state index in [9.17, 15) is 0 Å². The van der Waals surface area contributed by atoms with Crippen LogP contribution < -0.4 is 5.73 Å². The fourth-order valence-corrected chi connectivity index (χ4v) is 2.54.